The minimum atomic E-state index is -4.37. The molecule has 0 saturated carbocycles. The summed E-state index contributed by atoms with van der Waals surface area (Å²) >= 11 is 0. The van der Waals surface area contributed by atoms with Crippen molar-refractivity contribution in [2.45, 2.75) is 56.3 Å². The van der Waals surface area contributed by atoms with E-state index in [9.17, 15) is 23.1 Å². The second-order valence-corrected chi connectivity index (χ2v) is 7.63. The molecule has 1 aromatic carbocycles. The topological polar surface area (TPSA) is 71.0 Å². The van der Waals surface area contributed by atoms with Gasteiger partial charge in [-0.1, -0.05) is 12.1 Å². The molecule has 0 radical (unpaired) electrons. The van der Waals surface area contributed by atoms with Gasteiger partial charge in [-0.15, -0.1) is 0 Å². The Balaban J connectivity index is 1.71. The molecular weight excluding hydrogens is 389 g/mol. The summed E-state index contributed by atoms with van der Waals surface area (Å²) < 4.78 is 50.1. The van der Waals surface area contributed by atoms with Crippen LogP contribution in [0.3, 0.4) is 0 Å². The molecule has 162 valence electrons. The lowest BCUT2D eigenvalue weighted by atomic mass is 9.94. The molecule has 0 aromatic heterocycles. The molecule has 1 amide bonds. The van der Waals surface area contributed by atoms with Gasteiger partial charge >= 0.3 is 6.18 Å². The van der Waals surface area contributed by atoms with E-state index in [0.29, 0.717) is 26.1 Å². The number of fused-ring (bicyclic) bond motifs is 1. The summed E-state index contributed by atoms with van der Waals surface area (Å²) in [7, 11) is 1.58. The van der Waals surface area contributed by atoms with E-state index < -0.39 is 17.8 Å². The molecule has 1 aromatic rings. The Hall–Kier alpha value is -1.68. The van der Waals surface area contributed by atoms with Crippen LogP contribution < -0.4 is 5.32 Å². The maximum Gasteiger partial charge on any atom is 0.416 e. The van der Waals surface area contributed by atoms with Crippen LogP contribution >= 0.6 is 0 Å². The SMILES string of the molecule is CNC(=O)C[C@@H]1CC[C@@H]2[C@H](COC[C@H](O)CN2Cc2ccc(C(F)(F)F)cc2)O1. The molecule has 3 rings (SSSR count). The van der Waals surface area contributed by atoms with Gasteiger partial charge in [0.2, 0.25) is 5.91 Å². The van der Waals surface area contributed by atoms with E-state index in [0.717, 1.165) is 24.1 Å². The van der Waals surface area contributed by atoms with Crippen molar-refractivity contribution in [3.63, 3.8) is 0 Å². The molecule has 2 aliphatic rings. The number of benzene rings is 1. The number of nitrogens with one attached hydrogen (secondary N) is 1. The highest BCUT2D eigenvalue weighted by Crippen LogP contribution is 2.31. The molecule has 0 bridgehead atoms. The van der Waals surface area contributed by atoms with Gasteiger partial charge < -0.3 is 19.9 Å². The van der Waals surface area contributed by atoms with Crippen LogP contribution in [0.1, 0.15) is 30.4 Å². The third-order valence-electron chi connectivity index (χ3n) is 5.45. The minimum Gasteiger partial charge on any atom is -0.389 e. The van der Waals surface area contributed by atoms with Crippen LogP contribution in [0.2, 0.25) is 0 Å². The third-order valence-corrected chi connectivity index (χ3v) is 5.45. The minimum absolute atomic E-state index is 0.0480. The Labute approximate surface area is 168 Å². The third kappa shape index (κ3) is 5.91. The Kier molecular flexibility index (Phi) is 7.15. The zero-order chi connectivity index (χ0) is 21.0. The van der Waals surface area contributed by atoms with E-state index in [1.807, 2.05) is 0 Å². The van der Waals surface area contributed by atoms with Crippen molar-refractivity contribution in [3.05, 3.63) is 35.4 Å². The maximum atomic E-state index is 12.8. The second kappa shape index (κ2) is 9.42. The predicted octanol–water partition coefficient (Wildman–Crippen LogP) is 1.95. The van der Waals surface area contributed by atoms with Gasteiger partial charge in [0.1, 0.15) is 0 Å². The number of ether oxygens (including phenoxy) is 2. The average Bonchev–Trinajstić information content (AvgIpc) is 2.66. The van der Waals surface area contributed by atoms with E-state index >= 15 is 0 Å². The number of hydrogen-bond donors (Lipinski definition) is 2. The van der Waals surface area contributed by atoms with E-state index in [4.69, 9.17) is 9.47 Å². The highest BCUT2D eigenvalue weighted by Gasteiger charge is 2.38. The first-order chi connectivity index (χ1) is 13.8. The fourth-order valence-electron chi connectivity index (χ4n) is 3.97. The summed E-state index contributed by atoms with van der Waals surface area (Å²) in [5, 5.41) is 12.8. The van der Waals surface area contributed by atoms with Crippen LogP contribution in [0.5, 0.6) is 0 Å². The van der Waals surface area contributed by atoms with E-state index in [1.54, 1.807) is 7.05 Å². The number of hydrogen-bond acceptors (Lipinski definition) is 5. The van der Waals surface area contributed by atoms with Gasteiger partial charge in [-0.2, -0.15) is 13.2 Å². The van der Waals surface area contributed by atoms with Crippen LogP contribution in [0.25, 0.3) is 0 Å². The van der Waals surface area contributed by atoms with Crippen LogP contribution in [0.15, 0.2) is 24.3 Å². The molecular formula is C20H27F3N2O4. The zero-order valence-corrected chi connectivity index (χ0v) is 16.3. The molecule has 2 aliphatic heterocycles. The Morgan fingerprint density at radius 1 is 1.24 bits per heavy atom. The van der Waals surface area contributed by atoms with Crippen molar-refractivity contribution in [1.82, 2.24) is 10.2 Å². The summed E-state index contributed by atoms with van der Waals surface area (Å²) in [5.41, 5.74) is 0.0520. The number of aliphatic hydroxyl groups is 1. The lowest BCUT2D eigenvalue weighted by Crippen LogP contribution is -2.55. The lowest BCUT2D eigenvalue weighted by molar-refractivity contribution is -0.158. The quantitative estimate of drug-likeness (QED) is 0.785. The number of aliphatic hydroxyl groups excluding tert-OH is 1. The van der Waals surface area contributed by atoms with E-state index in [2.05, 4.69) is 10.2 Å². The molecule has 2 heterocycles. The first-order valence-corrected chi connectivity index (χ1v) is 9.78. The maximum absolute atomic E-state index is 12.8. The van der Waals surface area contributed by atoms with Crippen LogP contribution in [-0.4, -0.2) is 67.1 Å². The Bertz CT molecular complexity index is 683. The second-order valence-electron chi connectivity index (χ2n) is 7.63. The largest absolute Gasteiger partial charge is 0.416 e. The van der Waals surface area contributed by atoms with Crippen molar-refractivity contribution in [2.75, 3.05) is 26.8 Å². The molecule has 2 N–H and O–H groups in total. The fourth-order valence-corrected chi connectivity index (χ4v) is 3.97. The highest BCUT2D eigenvalue weighted by atomic mass is 19.4. The molecule has 2 saturated heterocycles. The lowest BCUT2D eigenvalue weighted by Gasteiger charge is -2.44. The number of amides is 1. The summed E-state index contributed by atoms with van der Waals surface area (Å²) in [5.74, 6) is -0.0859. The number of halogens is 3. The number of alkyl halides is 3. The van der Waals surface area contributed by atoms with Crippen molar-refractivity contribution >= 4 is 5.91 Å². The molecule has 0 spiro atoms. The van der Waals surface area contributed by atoms with Crippen LogP contribution in [0, 0.1) is 0 Å². The van der Waals surface area contributed by atoms with E-state index in [-0.39, 0.29) is 37.2 Å². The smallest absolute Gasteiger partial charge is 0.389 e. The monoisotopic (exact) mass is 416 g/mol. The van der Waals surface area contributed by atoms with Gasteiger partial charge in [0.05, 0.1) is 43.5 Å². The predicted molar refractivity (Wildman–Crippen MR) is 99.0 cm³/mol. The number of β-amino-alcohol motifs (C(OH)–C–C–N with tert-alkyl or cyclic N) is 1. The molecule has 29 heavy (non-hydrogen) atoms. The fraction of sp³-hybridized carbons (Fsp3) is 0.650. The van der Waals surface area contributed by atoms with Crippen LogP contribution in [-0.2, 0) is 27.0 Å². The molecule has 0 aliphatic carbocycles. The summed E-state index contributed by atoms with van der Waals surface area (Å²) in [6.07, 6.45) is -3.79. The summed E-state index contributed by atoms with van der Waals surface area (Å²) in [4.78, 5) is 13.7. The molecule has 6 nitrogen and oxygen atoms in total. The summed E-state index contributed by atoms with van der Waals surface area (Å²) in [6, 6.07) is 5.04. The first kappa shape index (κ1) is 22.0. The van der Waals surface area contributed by atoms with Gasteiger partial charge in [0.15, 0.2) is 0 Å². The zero-order valence-electron chi connectivity index (χ0n) is 16.3. The average molecular weight is 416 g/mol. The summed E-state index contributed by atoms with van der Waals surface area (Å²) in [6.45, 7) is 1.21. The number of carbonyl (C=O) groups is 1. The van der Waals surface area contributed by atoms with Gasteiger partial charge in [-0.3, -0.25) is 9.69 Å². The molecule has 0 unspecified atom stereocenters. The van der Waals surface area contributed by atoms with Gasteiger partial charge in [-0.05, 0) is 30.5 Å². The first-order valence-electron chi connectivity index (χ1n) is 9.78. The number of rotatable bonds is 4. The molecule has 9 heteroatoms. The molecule has 2 fully saturated rings. The van der Waals surface area contributed by atoms with Crippen molar-refractivity contribution < 1.29 is 32.5 Å². The van der Waals surface area contributed by atoms with Gasteiger partial charge in [0, 0.05) is 26.2 Å². The van der Waals surface area contributed by atoms with Crippen molar-refractivity contribution in [2.24, 2.45) is 0 Å². The van der Waals surface area contributed by atoms with Crippen molar-refractivity contribution in [3.8, 4) is 0 Å². The van der Waals surface area contributed by atoms with E-state index in [1.165, 1.54) is 12.1 Å². The standard InChI is InChI=1S/C20H27F3N2O4/c1-24-19(27)8-16-6-7-17-18(29-16)12-28-11-15(26)10-25(17)9-13-2-4-14(5-3-13)20(21,22)23/h2-5,15-18,26H,6-12H2,1H3,(H,24,27)/t15-,16+,17-,18+/m1/s1. The molecule has 4 atom stereocenters. The van der Waals surface area contributed by atoms with Gasteiger partial charge in [-0.25, -0.2) is 0 Å². The highest BCUT2D eigenvalue weighted by molar-refractivity contribution is 5.76. The number of nitrogens with zero attached hydrogens (tertiary/aromatic N) is 1. The Morgan fingerprint density at radius 3 is 2.62 bits per heavy atom. The van der Waals surface area contributed by atoms with Gasteiger partial charge in [0.25, 0.3) is 0 Å². The van der Waals surface area contributed by atoms with Crippen molar-refractivity contribution in [1.29, 1.82) is 0 Å². The Morgan fingerprint density at radius 2 is 1.97 bits per heavy atom. The number of carbonyl (C=O) groups excluding carboxylic acids is 1. The van der Waals surface area contributed by atoms with Crippen LogP contribution in [0.4, 0.5) is 13.2 Å². The normalized spacial score (nSPS) is 28.9.